The Morgan fingerprint density at radius 2 is 1.91 bits per heavy atom. The zero-order chi connectivity index (χ0) is 7.56. The standard InChI is InChI=1S/C9H12O.Zr/c1-7(2)8-4-3-5-9(10)6-8;/h3-7,10H,1-2H3;. The van der Waals surface area contributed by atoms with E-state index in [9.17, 15) is 0 Å². The van der Waals surface area contributed by atoms with Gasteiger partial charge in [-0.3, -0.25) is 0 Å². The first kappa shape index (κ1) is 10.9. The van der Waals surface area contributed by atoms with E-state index in [2.05, 4.69) is 13.8 Å². The molecule has 0 fully saturated rings. The Balaban J connectivity index is 0.000001000. The van der Waals surface area contributed by atoms with Gasteiger partial charge in [0.1, 0.15) is 5.75 Å². The predicted octanol–water partition coefficient (Wildman–Crippen LogP) is 2.51. The van der Waals surface area contributed by atoms with Crippen molar-refractivity contribution in [3.63, 3.8) is 0 Å². The average molecular weight is 227 g/mol. The molecule has 1 N–H and O–H groups in total. The second-order valence-electron chi connectivity index (χ2n) is 2.75. The Morgan fingerprint density at radius 1 is 1.27 bits per heavy atom. The first-order valence-corrected chi connectivity index (χ1v) is 3.49. The Morgan fingerprint density at radius 3 is 2.27 bits per heavy atom. The molecule has 0 unspecified atom stereocenters. The monoisotopic (exact) mass is 226 g/mol. The maximum atomic E-state index is 9.06. The molecule has 1 aromatic rings. The van der Waals surface area contributed by atoms with Gasteiger partial charge < -0.3 is 5.11 Å². The van der Waals surface area contributed by atoms with Crippen LogP contribution >= 0.6 is 0 Å². The first-order chi connectivity index (χ1) is 4.70. The van der Waals surface area contributed by atoms with Gasteiger partial charge in [0, 0.05) is 26.2 Å². The Bertz CT molecular complexity index is 221. The van der Waals surface area contributed by atoms with Gasteiger partial charge in [-0.1, -0.05) is 26.0 Å². The van der Waals surface area contributed by atoms with Crippen molar-refractivity contribution in [2.45, 2.75) is 19.8 Å². The minimum absolute atomic E-state index is 0. The fourth-order valence-corrected chi connectivity index (χ4v) is 0.884. The van der Waals surface area contributed by atoms with Crippen molar-refractivity contribution in [1.82, 2.24) is 0 Å². The fraction of sp³-hybridized carbons (Fsp3) is 0.333. The third-order valence-corrected chi connectivity index (χ3v) is 1.54. The number of phenolic OH excluding ortho intramolecular Hbond substituents is 1. The van der Waals surface area contributed by atoms with E-state index in [4.69, 9.17) is 5.11 Å². The summed E-state index contributed by atoms with van der Waals surface area (Å²) in [5.41, 5.74) is 1.18. The minimum atomic E-state index is 0. The fourth-order valence-electron chi connectivity index (χ4n) is 0.884. The summed E-state index contributed by atoms with van der Waals surface area (Å²) in [7, 11) is 0. The Hall–Kier alpha value is -0.0969. The third kappa shape index (κ3) is 3.20. The summed E-state index contributed by atoms with van der Waals surface area (Å²) < 4.78 is 0. The maximum absolute atomic E-state index is 9.06. The van der Waals surface area contributed by atoms with Crippen LogP contribution in [0.25, 0.3) is 0 Å². The number of rotatable bonds is 1. The molecule has 0 amide bonds. The molecule has 11 heavy (non-hydrogen) atoms. The minimum Gasteiger partial charge on any atom is -0.508 e. The van der Waals surface area contributed by atoms with Gasteiger partial charge in [-0.15, -0.1) is 0 Å². The molecular formula is C9H12OZr. The quantitative estimate of drug-likeness (QED) is 0.781. The van der Waals surface area contributed by atoms with E-state index >= 15 is 0 Å². The summed E-state index contributed by atoms with van der Waals surface area (Å²) in [5.74, 6) is 0.846. The van der Waals surface area contributed by atoms with Gasteiger partial charge in [0.15, 0.2) is 0 Å². The normalized spacial score (nSPS) is 9.36. The zero-order valence-electron chi connectivity index (χ0n) is 6.83. The number of benzene rings is 1. The zero-order valence-corrected chi connectivity index (χ0v) is 9.29. The molecular weight excluding hydrogens is 215 g/mol. The predicted molar refractivity (Wildman–Crippen MR) is 42.2 cm³/mol. The van der Waals surface area contributed by atoms with Crippen LogP contribution in [0.2, 0.25) is 0 Å². The third-order valence-electron chi connectivity index (χ3n) is 1.54. The molecule has 1 nitrogen and oxygen atoms in total. The summed E-state index contributed by atoms with van der Waals surface area (Å²) in [6, 6.07) is 7.37. The van der Waals surface area contributed by atoms with Crippen LogP contribution in [-0.4, -0.2) is 5.11 Å². The van der Waals surface area contributed by atoms with E-state index in [1.165, 1.54) is 5.56 Å². The van der Waals surface area contributed by atoms with Gasteiger partial charge >= 0.3 is 0 Å². The van der Waals surface area contributed by atoms with Crippen LogP contribution in [0, 0.1) is 0 Å². The number of hydrogen-bond donors (Lipinski definition) is 1. The molecule has 1 rings (SSSR count). The number of aromatic hydroxyl groups is 1. The van der Waals surface area contributed by atoms with Crippen LogP contribution in [0.5, 0.6) is 5.75 Å². The van der Waals surface area contributed by atoms with Crippen LogP contribution in [0.4, 0.5) is 0 Å². The maximum Gasteiger partial charge on any atom is 0.115 e. The first-order valence-electron chi connectivity index (χ1n) is 3.49. The van der Waals surface area contributed by atoms with Crippen molar-refractivity contribution >= 4 is 0 Å². The Labute approximate surface area is 86.6 Å². The van der Waals surface area contributed by atoms with Crippen molar-refractivity contribution in [1.29, 1.82) is 0 Å². The average Bonchev–Trinajstić information content (AvgIpc) is 1.88. The molecule has 0 aliphatic carbocycles. The summed E-state index contributed by atoms with van der Waals surface area (Å²) in [6.07, 6.45) is 0. The van der Waals surface area contributed by atoms with Crippen LogP contribution in [0.3, 0.4) is 0 Å². The van der Waals surface area contributed by atoms with Gasteiger partial charge in [-0.2, -0.15) is 0 Å². The second-order valence-corrected chi connectivity index (χ2v) is 2.75. The molecule has 0 aliphatic heterocycles. The van der Waals surface area contributed by atoms with Gasteiger partial charge in [-0.05, 0) is 23.6 Å². The smallest absolute Gasteiger partial charge is 0.115 e. The molecule has 2 heteroatoms. The molecule has 0 radical (unpaired) electrons. The molecule has 0 aromatic heterocycles. The van der Waals surface area contributed by atoms with Crippen LogP contribution < -0.4 is 0 Å². The van der Waals surface area contributed by atoms with Crippen molar-refractivity contribution < 1.29 is 31.3 Å². The van der Waals surface area contributed by atoms with Crippen LogP contribution in [-0.2, 0) is 26.2 Å². The SMILES string of the molecule is CC(C)c1cccc(O)c1.[Zr]. The topological polar surface area (TPSA) is 20.2 Å². The summed E-state index contributed by atoms with van der Waals surface area (Å²) in [6.45, 7) is 4.21. The van der Waals surface area contributed by atoms with Crippen molar-refractivity contribution in [3.8, 4) is 5.75 Å². The van der Waals surface area contributed by atoms with Gasteiger partial charge in [0.25, 0.3) is 0 Å². The van der Waals surface area contributed by atoms with Crippen LogP contribution in [0.1, 0.15) is 25.3 Å². The van der Waals surface area contributed by atoms with E-state index < -0.39 is 0 Å². The van der Waals surface area contributed by atoms with Crippen molar-refractivity contribution in [3.05, 3.63) is 29.8 Å². The molecule has 0 saturated heterocycles. The van der Waals surface area contributed by atoms with Crippen molar-refractivity contribution in [2.75, 3.05) is 0 Å². The molecule has 0 aliphatic rings. The molecule has 1 aromatic carbocycles. The largest absolute Gasteiger partial charge is 0.508 e. The molecule has 0 saturated carbocycles. The second kappa shape index (κ2) is 4.71. The van der Waals surface area contributed by atoms with E-state index in [-0.39, 0.29) is 26.2 Å². The number of phenols is 1. The molecule has 0 atom stereocenters. The van der Waals surface area contributed by atoms with E-state index in [0.29, 0.717) is 11.7 Å². The molecule has 0 bridgehead atoms. The van der Waals surface area contributed by atoms with Gasteiger partial charge in [0.2, 0.25) is 0 Å². The van der Waals surface area contributed by atoms with E-state index in [1.54, 1.807) is 12.1 Å². The molecule has 58 valence electrons. The number of hydrogen-bond acceptors (Lipinski definition) is 1. The summed E-state index contributed by atoms with van der Waals surface area (Å²) in [5, 5.41) is 9.06. The van der Waals surface area contributed by atoms with E-state index in [0.717, 1.165) is 0 Å². The van der Waals surface area contributed by atoms with Gasteiger partial charge in [-0.25, -0.2) is 0 Å². The molecule has 0 heterocycles. The van der Waals surface area contributed by atoms with Crippen molar-refractivity contribution in [2.24, 2.45) is 0 Å². The summed E-state index contributed by atoms with van der Waals surface area (Å²) >= 11 is 0. The molecule has 0 spiro atoms. The summed E-state index contributed by atoms with van der Waals surface area (Å²) in [4.78, 5) is 0. The van der Waals surface area contributed by atoms with Gasteiger partial charge in [0.05, 0.1) is 0 Å². The Kier molecular flexibility index (Phi) is 4.67. The van der Waals surface area contributed by atoms with Crippen LogP contribution in [0.15, 0.2) is 24.3 Å². The van der Waals surface area contributed by atoms with E-state index in [1.807, 2.05) is 12.1 Å².